The molecule has 4 heterocycles. The Bertz CT molecular complexity index is 2180. The third kappa shape index (κ3) is 10.1. The van der Waals surface area contributed by atoms with Gasteiger partial charge in [0.05, 0.1) is 35.1 Å². The largest absolute Gasteiger partial charge is 0.496 e. The van der Waals surface area contributed by atoms with Crippen LogP contribution in [-0.2, 0) is 27.4 Å². The van der Waals surface area contributed by atoms with Crippen molar-refractivity contribution in [2.75, 3.05) is 32.1 Å². The molecule has 0 spiro atoms. The van der Waals surface area contributed by atoms with E-state index in [0.717, 1.165) is 12.8 Å². The smallest absolute Gasteiger partial charge is 0.410 e. The number of aromatic nitrogens is 2. The maximum Gasteiger partial charge on any atom is 0.410 e. The molecule has 58 heavy (non-hydrogen) atoms. The molecule has 12 nitrogen and oxygen atoms in total. The zero-order valence-corrected chi connectivity index (χ0v) is 34.6. The third-order valence-electron chi connectivity index (χ3n) is 10.1. The summed E-state index contributed by atoms with van der Waals surface area (Å²) in [6, 6.07) is 11.2. The van der Waals surface area contributed by atoms with E-state index >= 15 is 8.78 Å². The molecule has 2 aliphatic heterocycles. The molecule has 0 bridgehead atoms. The average molecular weight is 839 g/mol. The van der Waals surface area contributed by atoms with E-state index in [1.807, 2.05) is 4.90 Å². The van der Waals surface area contributed by atoms with Crippen molar-refractivity contribution in [2.24, 2.45) is 0 Å². The zero-order valence-electron chi connectivity index (χ0n) is 33.1. The van der Waals surface area contributed by atoms with Crippen LogP contribution in [0.5, 0.6) is 5.75 Å². The van der Waals surface area contributed by atoms with Crippen LogP contribution in [0.4, 0.5) is 25.1 Å². The van der Waals surface area contributed by atoms with Crippen molar-refractivity contribution in [3.05, 3.63) is 87.7 Å². The van der Waals surface area contributed by atoms with Gasteiger partial charge in [0.2, 0.25) is 11.8 Å². The van der Waals surface area contributed by atoms with Crippen LogP contribution < -0.4 is 20.7 Å². The summed E-state index contributed by atoms with van der Waals surface area (Å²) in [6.07, 6.45) is 4.82. The lowest BCUT2D eigenvalue weighted by Gasteiger charge is -2.31. The van der Waals surface area contributed by atoms with E-state index in [0.29, 0.717) is 53.9 Å². The topological polar surface area (TPSA) is 138 Å². The Balaban J connectivity index is 1.22. The van der Waals surface area contributed by atoms with Gasteiger partial charge in [-0.1, -0.05) is 35.3 Å². The average Bonchev–Trinajstić information content (AvgIpc) is 3.60. The molecule has 0 radical (unpaired) electrons. The van der Waals surface area contributed by atoms with Crippen LogP contribution >= 0.6 is 23.2 Å². The lowest BCUT2D eigenvalue weighted by Crippen LogP contribution is -2.44. The van der Waals surface area contributed by atoms with E-state index in [2.05, 4.69) is 25.9 Å². The van der Waals surface area contributed by atoms with Gasteiger partial charge < -0.3 is 35.2 Å². The van der Waals surface area contributed by atoms with Crippen molar-refractivity contribution in [1.82, 2.24) is 30.4 Å². The molecule has 0 aliphatic carbocycles. The van der Waals surface area contributed by atoms with Crippen molar-refractivity contribution in [3.8, 4) is 28.1 Å². The molecule has 3 N–H and O–H groups in total. The van der Waals surface area contributed by atoms with Gasteiger partial charge >= 0.3 is 6.09 Å². The Morgan fingerprint density at radius 1 is 1.02 bits per heavy atom. The second kappa shape index (κ2) is 18.3. The highest BCUT2D eigenvalue weighted by molar-refractivity contribution is 6.39. The Kier molecular flexibility index (Phi) is 13.4. The number of pyridine rings is 2. The van der Waals surface area contributed by atoms with Crippen molar-refractivity contribution in [2.45, 2.75) is 84.2 Å². The van der Waals surface area contributed by atoms with Gasteiger partial charge in [0.1, 0.15) is 17.2 Å². The van der Waals surface area contributed by atoms with E-state index in [-0.39, 0.29) is 76.4 Å². The Labute approximate surface area is 346 Å². The number of carbonyl (C=O) groups excluding carboxylic acids is 3. The molecule has 0 saturated carbocycles. The number of methoxy groups -OCH3 is 1. The van der Waals surface area contributed by atoms with Gasteiger partial charge in [-0.15, -0.1) is 0 Å². The number of nitrogens with zero attached hydrogens (tertiary/aromatic N) is 4. The first-order chi connectivity index (χ1) is 27.6. The number of likely N-dealkylation sites (tertiary alicyclic amines) is 1. The van der Waals surface area contributed by atoms with Gasteiger partial charge in [-0.05, 0) is 70.4 Å². The quantitative estimate of drug-likeness (QED) is 0.129. The highest BCUT2D eigenvalue weighted by atomic mass is 35.5. The molecular formula is C42H47Cl2F2N7O5. The molecule has 2 fully saturated rings. The van der Waals surface area contributed by atoms with Crippen LogP contribution in [0, 0.1) is 11.6 Å². The molecule has 308 valence electrons. The van der Waals surface area contributed by atoms with Crippen molar-refractivity contribution in [1.29, 1.82) is 0 Å². The molecule has 4 aromatic rings. The molecule has 3 amide bonds. The minimum atomic E-state index is -0.806. The minimum absolute atomic E-state index is 0.00727. The van der Waals surface area contributed by atoms with Gasteiger partial charge in [0.15, 0.2) is 11.6 Å². The summed E-state index contributed by atoms with van der Waals surface area (Å²) in [5, 5.41) is 9.69. The van der Waals surface area contributed by atoms with Crippen LogP contribution in [0.2, 0.25) is 10.0 Å². The van der Waals surface area contributed by atoms with Crippen LogP contribution in [0.25, 0.3) is 22.4 Å². The molecule has 2 aromatic heterocycles. The van der Waals surface area contributed by atoms with E-state index in [9.17, 15) is 14.4 Å². The minimum Gasteiger partial charge on any atom is -0.496 e. The van der Waals surface area contributed by atoms with Crippen molar-refractivity contribution < 1.29 is 32.6 Å². The number of ether oxygens (including phenoxy) is 2. The predicted molar refractivity (Wildman–Crippen MR) is 219 cm³/mol. The third-order valence-corrected chi connectivity index (χ3v) is 10.9. The molecular weight excluding hydrogens is 791 g/mol. The molecule has 6 rings (SSSR count). The monoisotopic (exact) mass is 837 g/mol. The van der Waals surface area contributed by atoms with E-state index in [4.69, 9.17) is 32.7 Å². The van der Waals surface area contributed by atoms with Crippen molar-refractivity contribution >= 4 is 52.6 Å². The van der Waals surface area contributed by atoms with Crippen LogP contribution in [0.3, 0.4) is 0 Å². The number of anilines is 2. The van der Waals surface area contributed by atoms with Crippen LogP contribution in [0.15, 0.2) is 54.9 Å². The standard InChI is InChI=1S/C42H47Cl2F2N7O5/c1-24(54)52-17-13-27(14-18-52)49-21-25-11-15-48-40(38(25)46)51-33-8-6-7-29(36(33)43)30-12-16-47-39(37(30)44)26-19-32(45)31(34(20-26)57-5)23-53(41(56)58-42(2,3)4)22-28-9-10-35(55)50-28/h6-8,11-12,15-16,19-20,27-28,49H,9-10,13-14,17-18,21-23H2,1-5H3,(H,48,51)(H,50,55)/t28-/m0/s1. The fourth-order valence-corrected chi connectivity index (χ4v) is 7.66. The van der Waals surface area contributed by atoms with E-state index < -0.39 is 23.3 Å². The first kappa shape index (κ1) is 42.6. The molecule has 2 saturated heterocycles. The number of piperidine rings is 1. The van der Waals surface area contributed by atoms with E-state index in [1.54, 1.807) is 64.1 Å². The number of halogens is 4. The second-order valence-corrected chi connectivity index (χ2v) is 16.2. The van der Waals surface area contributed by atoms with Gasteiger partial charge in [0.25, 0.3) is 0 Å². The van der Waals surface area contributed by atoms with Gasteiger partial charge in [-0.2, -0.15) is 0 Å². The first-order valence-corrected chi connectivity index (χ1v) is 19.8. The fourth-order valence-electron chi connectivity index (χ4n) is 7.06. The van der Waals surface area contributed by atoms with Crippen molar-refractivity contribution in [3.63, 3.8) is 0 Å². The maximum atomic E-state index is 16.2. The normalized spacial score (nSPS) is 15.9. The number of hydrogen-bond acceptors (Lipinski definition) is 9. The van der Waals surface area contributed by atoms with Gasteiger partial charge in [-0.3, -0.25) is 14.6 Å². The summed E-state index contributed by atoms with van der Waals surface area (Å²) in [5.41, 5.74) is 1.65. The number of benzene rings is 2. The van der Waals surface area contributed by atoms with Gasteiger partial charge in [0, 0.05) is 91.8 Å². The number of hydrogen-bond donors (Lipinski definition) is 3. The summed E-state index contributed by atoms with van der Waals surface area (Å²) in [4.78, 5) is 48.7. The van der Waals surface area contributed by atoms with Crippen LogP contribution in [-0.4, -0.2) is 82.1 Å². The lowest BCUT2D eigenvalue weighted by molar-refractivity contribution is -0.130. The lowest BCUT2D eigenvalue weighted by atomic mass is 10.0. The molecule has 1 atom stereocenters. The summed E-state index contributed by atoms with van der Waals surface area (Å²) < 4.78 is 43.2. The van der Waals surface area contributed by atoms with E-state index in [1.165, 1.54) is 30.5 Å². The first-order valence-electron chi connectivity index (χ1n) is 19.1. The zero-order chi connectivity index (χ0) is 41.7. The SMILES string of the molecule is COc1cc(-c2nccc(-c3cccc(Nc4nccc(CNC5CCN(C(C)=O)CC5)c4F)c3Cl)c2Cl)cc(F)c1CN(C[C@@H]1CCC(=O)N1)C(=O)OC(C)(C)C. The molecule has 16 heteroatoms. The molecule has 0 unspecified atom stereocenters. The number of amides is 3. The number of rotatable bonds is 12. The number of carbonyl (C=O) groups is 3. The summed E-state index contributed by atoms with van der Waals surface area (Å²) in [6.45, 7) is 8.30. The van der Waals surface area contributed by atoms with Gasteiger partial charge in [-0.25, -0.2) is 18.6 Å². The number of nitrogens with one attached hydrogen (secondary N) is 3. The maximum absolute atomic E-state index is 16.2. The Hall–Kier alpha value is -5.05. The fraction of sp³-hybridized carbons (Fsp3) is 0.405. The second-order valence-electron chi connectivity index (χ2n) is 15.4. The summed E-state index contributed by atoms with van der Waals surface area (Å²) in [5.74, 6) is -1.11. The Morgan fingerprint density at radius 2 is 1.74 bits per heavy atom. The Morgan fingerprint density at radius 3 is 2.41 bits per heavy atom. The summed E-state index contributed by atoms with van der Waals surface area (Å²) in [7, 11) is 1.39. The molecule has 2 aliphatic rings. The highest BCUT2D eigenvalue weighted by Gasteiger charge is 2.30. The highest BCUT2D eigenvalue weighted by Crippen LogP contribution is 2.42. The molecule has 2 aromatic carbocycles. The predicted octanol–water partition coefficient (Wildman–Crippen LogP) is 8.26. The van der Waals surface area contributed by atoms with Crippen LogP contribution in [0.1, 0.15) is 64.5 Å². The summed E-state index contributed by atoms with van der Waals surface area (Å²) >= 11 is 14.0.